The van der Waals surface area contributed by atoms with Crippen LogP contribution in [0.25, 0.3) is 0 Å². The summed E-state index contributed by atoms with van der Waals surface area (Å²) in [4.78, 5) is 25.7. The summed E-state index contributed by atoms with van der Waals surface area (Å²) in [5.41, 5.74) is 4.00. The van der Waals surface area contributed by atoms with E-state index in [9.17, 15) is 9.59 Å². The van der Waals surface area contributed by atoms with Crippen LogP contribution in [0.3, 0.4) is 0 Å². The van der Waals surface area contributed by atoms with Gasteiger partial charge in [0.25, 0.3) is 5.91 Å². The molecule has 4 nitrogen and oxygen atoms in total. The Hall–Kier alpha value is -2.62. The molecule has 0 unspecified atom stereocenters. The van der Waals surface area contributed by atoms with Gasteiger partial charge in [0, 0.05) is 17.8 Å². The minimum absolute atomic E-state index is 0.00675. The number of nitrogens with zero attached hydrogens (tertiary/aromatic N) is 1. The Labute approximate surface area is 142 Å². The molecule has 0 saturated carbocycles. The smallest absolute Gasteiger partial charge is 0.264 e. The second kappa shape index (κ2) is 6.87. The van der Waals surface area contributed by atoms with Crippen LogP contribution in [0.1, 0.15) is 34.8 Å². The number of rotatable bonds is 4. The summed E-state index contributed by atoms with van der Waals surface area (Å²) in [5, 5.41) is 0. The summed E-state index contributed by atoms with van der Waals surface area (Å²) < 4.78 is 5.61. The van der Waals surface area contributed by atoms with E-state index in [-0.39, 0.29) is 18.3 Å². The Morgan fingerprint density at radius 1 is 1.12 bits per heavy atom. The third kappa shape index (κ3) is 3.32. The molecule has 0 bridgehead atoms. The van der Waals surface area contributed by atoms with Gasteiger partial charge in [-0.25, -0.2) is 0 Å². The van der Waals surface area contributed by atoms with Crippen LogP contribution in [0, 0.1) is 6.92 Å². The molecule has 1 aliphatic rings. The molecule has 124 valence electrons. The number of carbonyl (C=O) groups excluding carboxylic acids is 2. The molecule has 3 rings (SSSR count). The maximum Gasteiger partial charge on any atom is 0.264 e. The lowest BCUT2D eigenvalue weighted by Gasteiger charge is -2.31. The van der Waals surface area contributed by atoms with Crippen molar-refractivity contribution < 1.29 is 14.3 Å². The van der Waals surface area contributed by atoms with E-state index >= 15 is 0 Å². The molecule has 0 radical (unpaired) electrons. The van der Waals surface area contributed by atoms with Crippen LogP contribution >= 0.6 is 0 Å². The van der Waals surface area contributed by atoms with E-state index in [0.717, 1.165) is 30.6 Å². The fourth-order valence-electron chi connectivity index (χ4n) is 3.11. The highest BCUT2D eigenvalue weighted by atomic mass is 16.5. The van der Waals surface area contributed by atoms with Gasteiger partial charge in [-0.05, 0) is 62.1 Å². The molecule has 24 heavy (non-hydrogen) atoms. The van der Waals surface area contributed by atoms with Crippen LogP contribution in [-0.2, 0) is 11.2 Å². The van der Waals surface area contributed by atoms with E-state index in [1.165, 1.54) is 12.5 Å². The molecule has 0 saturated heterocycles. The zero-order valence-corrected chi connectivity index (χ0v) is 14.0. The maximum absolute atomic E-state index is 12.6. The van der Waals surface area contributed by atoms with Gasteiger partial charge < -0.3 is 9.64 Å². The van der Waals surface area contributed by atoms with E-state index in [4.69, 9.17) is 4.74 Å². The first kappa shape index (κ1) is 16.2. The molecular formula is C20H21NO3. The highest BCUT2D eigenvalue weighted by molar-refractivity contribution is 5.96. The van der Waals surface area contributed by atoms with Gasteiger partial charge in [-0.15, -0.1) is 0 Å². The minimum Gasteiger partial charge on any atom is -0.484 e. The van der Waals surface area contributed by atoms with Crippen LogP contribution in [0.5, 0.6) is 5.75 Å². The first-order valence-electron chi connectivity index (χ1n) is 8.19. The zero-order chi connectivity index (χ0) is 17.1. The average molecular weight is 323 g/mol. The topological polar surface area (TPSA) is 46.6 Å². The number of hydrogen-bond acceptors (Lipinski definition) is 3. The van der Waals surface area contributed by atoms with Gasteiger partial charge >= 0.3 is 0 Å². The van der Waals surface area contributed by atoms with Crippen LogP contribution < -0.4 is 9.64 Å². The molecule has 0 N–H and O–H groups in total. The van der Waals surface area contributed by atoms with E-state index in [0.29, 0.717) is 11.3 Å². The molecule has 0 atom stereocenters. The number of para-hydroxylation sites is 1. The summed E-state index contributed by atoms with van der Waals surface area (Å²) in [5.74, 6) is 0.564. The van der Waals surface area contributed by atoms with Gasteiger partial charge in [-0.3, -0.25) is 9.59 Å². The SMILES string of the molecule is CC(=O)c1ccc(OCC(=O)N2CCCc3cccc(C)c32)cc1. The fourth-order valence-corrected chi connectivity index (χ4v) is 3.11. The first-order chi connectivity index (χ1) is 11.6. The lowest BCUT2D eigenvalue weighted by Crippen LogP contribution is -2.39. The molecule has 0 spiro atoms. The summed E-state index contributed by atoms with van der Waals surface area (Å²) in [6.45, 7) is 4.28. The Bertz CT molecular complexity index is 765. The Balaban J connectivity index is 1.69. The molecule has 1 aliphatic heterocycles. The average Bonchev–Trinajstić information content (AvgIpc) is 2.60. The number of ketones is 1. The quantitative estimate of drug-likeness (QED) is 0.808. The van der Waals surface area contributed by atoms with Crippen molar-refractivity contribution in [1.29, 1.82) is 0 Å². The molecule has 2 aromatic carbocycles. The molecule has 4 heteroatoms. The number of fused-ring (bicyclic) bond motifs is 1. The van der Waals surface area contributed by atoms with Crippen molar-refractivity contribution in [3.05, 3.63) is 59.2 Å². The highest BCUT2D eigenvalue weighted by Gasteiger charge is 2.24. The monoisotopic (exact) mass is 323 g/mol. The molecule has 2 aromatic rings. The highest BCUT2D eigenvalue weighted by Crippen LogP contribution is 2.30. The summed E-state index contributed by atoms with van der Waals surface area (Å²) in [6.07, 6.45) is 1.98. The molecule has 0 fully saturated rings. The van der Waals surface area contributed by atoms with Crippen LogP contribution in [0.4, 0.5) is 5.69 Å². The normalized spacial score (nSPS) is 13.3. The number of Topliss-reactive ketones (excluding diaryl/α,β-unsaturated/α-hetero) is 1. The second-order valence-electron chi connectivity index (χ2n) is 6.10. The van der Waals surface area contributed by atoms with Crippen molar-refractivity contribution in [2.24, 2.45) is 0 Å². The maximum atomic E-state index is 12.6. The van der Waals surface area contributed by atoms with Gasteiger partial charge in [0.05, 0.1) is 0 Å². The third-order valence-electron chi connectivity index (χ3n) is 4.34. The second-order valence-corrected chi connectivity index (χ2v) is 6.10. The van der Waals surface area contributed by atoms with Gasteiger partial charge in [0.2, 0.25) is 0 Å². The van der Waals surface area contributed by atoms with Crippen molar-refractivity contribution in [2.45, 2.75) is 26.7 Å². The van der Waals surface area contributed by atoms with Crippen molar-refractivity contribution in [3.8, 4) is 5.75 Å². The van der Waals surface area contributed by atoms with E-state index < -0.39 is 0 Å². The van der Waals surface area contributed by atoms with E-state index in [1.807, 2.05) is 24.0 Å². The Morgan fingerprint density at radius 2 is 1.88 bits per heavy atom. The van der Waals surface area contributed by atoms with E-state index in [2.05, 4.69) is 6.07 Å². The van der Waals surface area contributed by atoms with Gasteiger partial charge in [0.1, 0.15) is 5.75 Å². The van der Waals surface area contributed by atoms with Gasteiger partial charge in [0.15, 0.2) is 12.4 Å². The Morgan fingerprint density at radius 3 is 2.58 bits per heavy atom. The standard InChI is InChI=1S/C20H21NO3/c1-14-5-3-6-17-7-4-12-21(20(14)17)19(23)13-24-18-10-8-16(9-11-18)15(2)22/h3,5-6,8-11H,4,7,12-13H2,1-2H3. The zero-order valence-electron chi connectivity index (χ0n) is 14.0. The van der Waals surface area contributed by atoms with E-state index in [1.54, 1.807) is 24.3 Å². The number of hydrogen-bond donors (Lipinski definition) is 0. The predicted molar refractivity (Wildman–Crippen MR) is 93.8 cm³/mol. The summed E-state index contributed by atoms with van der Waals surface area (Å²) in [6, 6.07) is 13.0. The summed E-state index contributed by atoms with van der Waals surface area (Å²) in [7, 11) is 0. The van der Waals surface area contributed by atoms with Crippen molar-refractivity contribution in [1.82, 2.24) is 0 Å². The number of amides is 1. The van der Waals surface area contributed by atoms with Crippen molar-refractivity contribution in [2.75, 3.05) is 18.1 Å². The number of aryl methyl sites for hydroxylation is 2. The molecule has 1 heterocycles. The first-order valence-corrected chi connectivity index (χ1v) is 8.19. The van der Waals surface area contributed by atoms with Gasteiger partial charge in [-0.1, -0.05) is 18.2 Å². The number of ether oxygens (including phenoxy) is 1. The number of carbonyl (C=O) groups is 2. The van der Waals surface area contributed by atoms with Crippen LogP contribution in [0.2, 0.25) is 0 Å². The lowest BCUT2D eigenvalue weighted by molar-refractivity contribution is -0.120. The number of benzene rings is 2. The van der Waals surface area contributed by atoms with Crippen molar-refractivity contribution in [3.63, 3.8) is 0 Å². The summed E-state index contributed by atoms with van der Waals surface area (Å²) >= 11 is 0. The number of anilines is 1. The molecular weight excluding hydrogens is 302 g/mol. The van der Waals surface area contributed by atoms with Gasteiger partial charge in [-0.2, -0.15) is 0 Å². The third-order valence-corrected chi connectivity index (χ3v) is 4.34. The lowest BCUT2D eigenvalue weighted by atomic mass is 9.98. The van der Waals surface area contributed by atoms with Crippen LogP contribution in [-0.4, -0.2) is 24.8 Å². The van der Waals surface area contributed by atoms with Crippen molar-refractivity contribution >= 4 is 17.4 Å². The molecule has 0 aliphatic carbocycles. The fraction of sp³-hybridized carbons (Fsp3) is 0.300. The molecule has 1 amide bonds. The Kier molecular flexibility index (Phi) is 4.65. The molecule has 0 aromatic heterocycles. The largest absolute Gasteiger partial charge is 0.484 e. The predicted octanol–water partition coefficient (Wildman–Crippen LogP) is 3.56. The van der Waals surface area contributed by atoms with Crippen LogP contribution in [0.15, 0.2) is 42.5 Å². The minimum atomic E-state index is -0.0408.